The van der Waals surface area contributed by atoms with E-state index >= 15 is 0 Å². The van der Waals surface area contributed by atoms with Crippen LogP contribution in [0.4, 0.5) is 0 Å². The number of nitrogens with zero attached hydrogens (tertiary/aromatic N) is 6. The summed E-state index contributed by atoms with van der Waals surface area (Å²) in [5, 5.41) is 18.0. The lowest BCUT2D eigenvalue weighted by atomic mass is 10.1. The Morgan fingerprint density at radius 3 is 3.00 bits per heavy atom. The second-order valence-electron chi connectivity index (χ2n) is 5.80. The van der Waals surface area contributed by atoms with Crippen molar-refractivity contribution in [1.29, 1.82) is 5.26 Å². The number of benzene rings is 1. The third-order valence-electron chi connectivity index (χ3n) is 4.12. The lowest BCUT2D eigenvalue weighted by molar-refractivity contribution is -0.133. The van der Waals surface area contributed by atoms with Gasteiger partial charge in [-0.25, -0.2) is 4.68 Å². The van der Waals surface area contributed by atoms with Gasteiger partial charge >= 0.3 is 0 Å². The van der Waals surface area contributed by atoms with Gasteiger partial charge in [-0.3, -0.25) is 9.78 Å². The number of likely N-dealkylation sites (N-methyl/N-ethyl adjacent to an activating group) is 1. The van der Waals surface area contributed by atoms with Crippen LogP contribution in [0.25, 0.3) is 22.2 Å². The fraction of sp³-hybridized carbons (Fsp3) is 0.278. The van der Waals surface area contributed by atoms with E-state index in [4.69, 9.17) is 5.26 Å². The van der Waals surface area contributed by atoms with Crippen molar-refractivity contribution in [2.45, 2.75) is 19.4 Å². The molecule has 1 aromatic carbocycles. The van der Waals surface area contributed by atoms with Crippen molar-refractivity contribution in [3.05, 3.63) is 42.7 Å². The van der Waals surface area contributed by atoms with Crippen molar-refractivity contribution in [1.82, 2.24) is 24.9 Å². The van der Waals surface area contributed by atoms with E-state index in [1.54, 1.807) is 31.0 Å². The Morgan fingerprint density at radius 2 is 2.20 bits per heavy atom. The third kappa shape index (κ3) is 3.33. The van der Waals surface area contributed by atoms with E-state index in [2.05, 4.69) is 15.3 Å². The van der Waals surface area contributed by atoms with Crippen molar-refractivity contribution >= 4 is 16.8 Å². The largest absolute Gasteiger partial charge is 0.343 e. The van der Waals surface area contributed by atoms with Gasteiger partial charge in [-0.2, -0.15) is 5.26 Å². The smallest absolute Gasteiger partial charge is 0.246 e. The number of pyridine rings is 1. The van der Waals surface area contributed by atoms with E-state index in [0.29, 0.717) is 18.7 Å². The Kier molecular flexibility index (Phi) is 4.70. The summed E-state index contributed by atoms with van der Waals surface area (Å²) in [6.07, 6.45) is 3.82. The minimum atomic E-state index is -0.488. The van der Waals surface area contributed by atoms with Gasteiger partial charge in [-0.05, 0) is 19.1 Å². The van der Waals surface area contributed by atoms with E-state index < -0.39 is 6.04 Å². The molecule has 1 atom stereocenters. The van der Waals surface area contributed by atoms with E-state index in [-0.39, 0.29) is 5.91 Å². The molecule has 7 nitrogen and oxygen atoms in total. The number of hydrogen-bond donors (Lipinski definition) is 0. The van der Waals surface area contributed by atoms with Crippen LogP contribution in [0, 0.1) is 11.3 Å². The van der Waals surface area contributed by atoms with Gasteiger partial charge in [0.25, 0.3) is 0 Å². The normalized spacial score (nSPS) is 11.9. The first-order chi connectivity index (χ1) is 12.1. The zero-order chi connectivity index (χ0) is 17.8. The quantitative estimate of drug-likeness (QED) is 0.715. The SMILES string of the molecule is CC(C(=O)N(C)CCC#N)n1cc(-c2cccc3ncccc23)nn1. The van der Waals surface area contributed by atoms with E-state index in [0.717, 1.165) is 16.5 Å². The van der Waals surface area contributed by atoms with Crippen LogP contribution in [0.5, 0.6) is 0 Å². The van der Waals surface area contributed by atoms with Crippen LogP contribution in [0.2, 0.25) is 0 Å². The van der Waals surface area contributed by atoms with Crippen LogP contribution in [0.1, 0.15) is 19.4 Å². The lowest BCUT2D eigenvalue weighted by Crippen LogP contribution is -2.34. The maximum absolute atomic E-state index is 12.4. The maximum Gasteiger partial charge on any atom is 0.246 e. The molecule has 2 heterocycles. The average molecular weight is 334 g/mol. The predicted octanol–water partition coefficient (Wildman–Crippen LogP) is 2.43. The Bertz CT molecular complexity index is 937. The molecule has 2 aromatic heterocycles. The number of rotatable bonds is 5. The highest BCUT2D eigenvalue weighted by atomic mass is 16.2. The summed E-state index contributed by atoms with van der Waals surface area (Å²) >= 11 is 0. The molecule has 7 heteroatoms. The molecule has 3 rings (SSSR count). The molecule has 0 aliphatic carbocycles. The molecule has 0 saturated heterocycles. The molecular formula is C18H18N6O. The van der Waals surface area contributed by atoms with Gasteiger partial charge < -0.3 is 4.90 Å². The van der Waals surface area contributed by atoms with Gasteiger partial charge in [-0.15, -0.1) is 5.10 Å². The second-order valence-corrected chi connectivity index (χ2v) is 5.80. The first-order valence-corrected chi connectivity index (χ1v) is 7.99. The Labute approximate surface area is 145 Å². The molecule has 0 fully saturated rings. The summed E-state index contributed by atoms with van der Waals surface area (Å²) in [4.78, 5) is 18.3. The molecule has 0 radical (unpaired) electrons. The Balaban J connectivity index is 1.87. The predicted molar refractivity (Wildman–Crippen MR) is 93.3 cm³/mol. The zero-order valence-corrected chi connectivity index (χ0v) is 14.1. The minimum absolute atomic E-state index is 0.105. The fourth-order valence-corrected chi connectivity index (χ4v) is 2.68. The van der Waals surface area contributed by atoms with Crippen LogP contribution in [0.3, 0.4) is 0 Å². The molecule has 1 amide bonds. The number of aromatic nitrogens is 4. The lowest BCUT2D eigenvalue weighted by Gasteiger charge is -2.20. The topological polar surface area (TPSA) is 87.7 Å². The summed E-state index contributed by atoms with van der Waals surface area (Å²) in [7, 11) is 1.68. The monoisotopic (exact) mass is 334 g/mol. The molecule has 0 bridgehead atoms. The molecule has 0 N–H and O–H groups in total. The van der Waals surface area contributed by atoms with Gasteiger partial charge in [0.05, 0.1) is 24.2 Å². The van der Waals surface area contributed by atoms with Gasteiger partial charge in [0.15, 0.2) is 0 Å². The zero-order valence-electron chi connectivity index (χ0n) is 14.1. The van der Waals surface area contributed by atoms with Crippen LogP contribution >= 0.6 is 0 Å². The third-order valence-corrected chi connectivity index (χ3v) is 4.12. The standard InChI is InChI=1S/C18H18N6O/c1-13(18(25)23(2)11-5-9-19)24-12-17(21-22-24)15-6-3-8-16-14(15)7-4-10-20-16/h3-4,6-8,10,12-13H,5,11H2,1-2H3. The maximum atomic E-state index is 12.4. The number of fused-ring (bicyclic) bond motifs is 1. The van der Waals surface area contributed by atoms with Crippen LogP contribution in [-0.2, 0) is 4.79 Å². The highest BCUT2D eigenvalue weighted by Gasteiger charge is 2.21. The summed E-state index contributed by atoms with van der Waals surface area (Å²) in [6.45, 7) is 2.17. The molecule has 0 spiro atoms. The van der Waals surface area contributed by atoms with Gasteiger partial charge in [-0.1, -0.05) is 23.4 Å². The van der Waals surface area contributed by atoms with Crippen molar-refractivity contribution in [2.24, 2.45) is 0 Å². The molecule has 3 aromatic rings. The van der Waals surface area contributed by atoms with E-state index in [1.165, 1.54) is 4.90 Å². The highest BCUT2D eigenvalue weighted by Crippen LogP contribution is 2.26. The van der Waals surface area contributed by atoms with E-state index in [1.807, 2.05) is 36.4 Å². The molecule has 1 unspecified atom stereocenters. The number of nitriles is 1. The Morgan fingerprint density at radius 1 is 1.36 bits per heavy atom. The first-order valence-electron chi connectivity index (χ1n) is 7.99. The summed E-state index contributed by atoms with van der Waals surface area (Å²) < 4.78 is 1.55. The van der Waals surface area contributed by atoms with Gasteiger partial charge in [0, 0.05) is 30.7 Å². The van der Waals surface area contributed by atoms with Crippen LogP contribution in [-0.4, -0.2) is 44.4 Å². The second kappa shape index (κ2) is 7.09. The molecule has 126 valence electrons. The van der Waals surface area contributed by atoms with Crippen LogP contribution < -0.4 is 0 Å². The number of amides is 1. The van der Waals surface area contributed by atoms with E-state index in [9.17, 15) is 4.79 Å². The molecule has 0 saturated carbocycles. The average Bonchev–Trinajstić information content (AvgIpc) is 3.14. The summed E-state index contributed by atoms with van der Waals surface area (Å²) in [5.41, 5.74) is 2.50. The Hall–Kier alpha value is -3.27. The molecule has 0 aliphatic rings. The van der Waals surface area contributed by atoms with Crippen molar-refractivity contribution < 1.29 is 4.79 Å². The highest BCUT2D eigenvalue weighted by molar-refractivity contribution is 5.93. The van der Waals surface area contributed by atoms with Crippen molar-refractivity contribution in [3.63, 3.8) is 0 Å². The number of carbonyl (C=O) groups excluding carboxylic acids is 1. The molecule has 0 aliphatic heterocycles. The van der Waals surface area contributed by atoms with Crippen LogP contribution in [0.15, 0.2) is 42.7 Å². The summed E-state index contributed by atoms with van der Waals surface area (Å²) in [6, 6.07) is 11.3. The fourth-order valence-electron chi connectivity index (χ4n) is 2.68. The van der Waals surface area contributed by atoms with Crippen molar-refractivity contribution in [2.75, 3.05) is 13.6 Å². The van der Waals surface area contributed by atoms with Gasteiger partial charge in [0.2, 0.25) is 5.91 Å². The first kappa shape index (κ1) is 16.6. The number of carbonyl (C=O) groups is 1. The molecule has 25 heavy (non-hydrogen) atoms. The van der Waals surface area contributed by atoms with Gasteiger partial charge in [0.1, 0.15) is 11.7 Å². The van der Waals surface area contributed by atoms with Crippen molar-refractivity contribution in [3.8, 4) is 17.3 Å². The molecular weight excluding hydrogens is 316 g/mol. The summed E-state index contributed by atoms with van der Waals surface area (Å²) in [5.74, 6) is -0.105. The number of hydrogen-bond acceptors (Lipinski definition) is 5. The minimum Gasteiger partial charge on any atom is -0.343 e.